The van der Waals surface area contributed by atoms with Crippen molar-refractivity contribution in [1.82, 2.24) is 0 Å². The smallest absolute Gasteiger partial charge is 0.321 e. The molecule has 0 aromatic heterocycles. The lowest BCUT2D eigenvalue weighted by Crippen LogP contribution is -2.30. The molecular weight excluding hydrogens is 244 g/mol. The van der Waals surface area contributed by atoms with Gasteiger partial charge in [0, 0.05) is 4.90 Å². The maximum Gasteiger partial charge on any atom is 0.321 e. The monoisotopic (exact) mass is 266 g/mol. The van der Waals surface area contributed by atoms with Crippen LogP contribution in [0.1, 0.15) is 39.2 Å². The molecule has 1 aromatic carbocycles. The van der Waals surface area contributed by atoms with E-state index in [0.717, 1.165) is 17.7 Å². The number of carbonyl (C=O) groups excluding carboxylic acids is 1. The lowest BCUT2D eigenvalue weighted by molar-refractivity contribution is -0.145. The molecule has 18 heavy (non-hydrogen) atoms. The molecule has 0 atom stereocenters. The summed E-state index contributed by atoms with van der Waals surface area (Å²) >= 11 is 1.56. The van der Waals surface area contributed by atoms with Crippen LogP contribution in [0, 0.1) is 6.92 Å². The SMILES string of the molecule is CCCCOC(=O)C(C)(C)Sc1ccccc1C. The van der Waals surface area contributed by atoms with Crippen LogP contribution in [0.5, 0.6) is 0 Å². The number of carbonyl (C=O) groups is 1. The van der Waals surface area contributed by atoms with Crippen molar-refractivity contribution in [1.29, 1.82) is 0 Å². The van der Waals surface area contributed by atoms with E-state index in [1.807, 2.05) is 32.0 Å². The van der Waals surface area contributed by atoms with Crippen LogP contribution in [0.25, 0.3) is 0 Å². The number of benzene rings is 1. The summed E-state index contributed by atoms with van der Waals surface area (Å²) in [7, 11) is 0. The molecule has 0 saturated heterocycles. The average Bonchev–Trinajstić information content (AvgIpc) is 2.32. The number of esters is 1. The van der Waals surface area contributed by atoms with Crippen LogP contribution in [0.4, 0.5) is 0 Å². The van der Waals surface area contributed by atoms with E-state index in [4.69, 9.17) is 4.74 Å². The lowest BCUT2D eigenvalue weighted by Gasteiger charge is -2.22. The summed E-state index contributed by atoms with van der Waals surface area (Å²) in [5.41, 5.74) is 1.19. The highest BCUT2D eigenvalue weighted by molar-refractivity contribution is 8.01. The Morgan fingerprint density at radius 1 is 1.33 bits per heavy atom. The Kier molecular flexibility index (Phi) is 5.73. The second-order valence-electron chi connectivity index (χ2n) is 4.87. The number of hydrogen-bond donors (Lipinski definition) is 0. The second kappa shape index (κ2) is 6.83. The first kappa shape index (κ1) is 15.1. The van der Waals surface area contributed by atoms with Crippen molar-refractivity contribution in [2.45, 2.75) is 50.2 Å². The molecule has 100 valence electrons. The Morgan fingerprint density at radius 2 is 2.00 bits per heavy atom. The van der Waals surface area contributed by atoms with Gasteiger partial charge in [-0.25, -0.2) is 0 Å². The fourth-order valence-electron chi connectivity index (χ4n) is 1.47. The molecule has 0 spiro atoms. The molecule has 0 fully saturated rings. The third kappa shape index (κ3) is 4.37. The highest BCUT2D eigenvalue weighted by atomic mass is 32.2. The van der Waals surface area contributed by atoms with E-state index >= 15 is 0 Å². The minimum Gasteiger partial charge on any atom is -0.465 e. The predicted octanol–water partition coefficient (Wildman–Crippen LogP) is 4.21. The van der Waals surface area contributed by atoms with Crippen molar-refractivity contribution < 1.29 is 9.53 Å². The normalized spacial score (nSPS) is 11.3. The molecule has 0 amide bonds. The Hall–Kier alpha value is -0.960. The molecule has 2 nitrogen and oxygen atoms in total. The molecule has 0 unspecified atom stereocenters. The third-order valence-corrected chi connectivity index (χ3v) is 4.04. The summed E-state index contributed by atoms with van der Waals surface area (Å²) in [5, 5.41) is 0. The van der Waals surface area contributed by atoms with Crippen molar-refractivity contribution in [3.05, 3.63) is 29.8 Å². The fraction of sp³-hybridized carbons (Fsp3) is 0.533. The quantitative estimate of drug-likeness (QED) is 0.438. The number of thioether (sulfide) groups is 1. The van der Waals surface area contributed by atoms with Gasteiger partial charge in [-0.05, 0) is 38.8 Å². The van der Waals surface area contributed by atoms with Gasteiger partial charge in [-0.3, -0.25) is 4.79 Å². The molecule has 0 aliphatic rings. The minimum absolute atomic E-state index is 0.135. The second-order valence-corrected chi connectivity index (χ2v) is 6.53. The first-order valence-corrected chi connectivity index (χ1v) is 7.21. The summed E-state index contributed by atoms with van der Waals surface area (Å²) < 4.78 is 4.76. The van der Waals surface area contributed by atoms with Crippen molar-refractivity contribution in [3.63, 3.8) is 0 Å². The Labute approximate surface area is 114 Å². The molecule has 3 heteroatoms. The maximum absolute atomic E-state index is 12.0. The van der Waals surface area contributed by atoms with Crippen molar-refractivity contribution in [3.8, 4) is 0 Å². The summed E-state index contributed by atoms with van der Waals surface area (Å²) in [6.07, 6.45) is 1.97. The van der Waals surface area contributed by atoms with Crippen LogP contribution in [0.2, 0.25) is 0 Å². The van der Waals surface area contributed by atoms with Crippen molar-refractivity contribution in [2.24, 2.45) is 0 Å². The Morgan fingerprint density at radius 3 is 2.61 bits per heavy atom. The van der Waals surface area contributed by atoms with E-state index in [-0.39, 0.29) is 5.97 Å². The number of ether oxygens (including phenoxy) is 1. The van der Waals surface area contributed by atoms with Crippen molar-refractivity contribution in [2.75, 3.05) is 6.61 Å². The van der Waals surface area contributed by atoms with Crippen LogP contribution >= 0.6 is 11.8 Å². The molecular formula is C15H22O2S. The van der Waals surface area contributed by atoms with Crippen molar-refractivity contribution >= 4 is 17.7 Å². The van der Waals surface area contributed by atoms with E-state index in [0.29, 0.717) is 6.61 Å². The standard InChI is InChI=1S/C15H22O2S/c1-5-6-11-17-14(16)15(3,4)18-13-10-8-7-9-12(13)2/h7-10H,5-6,11H2,1-4H3. The van der Waals surface area contributed by atoms with Crippen LogP contribution in [-0.2, 0) is 9.53 Å². The van der Waals surface area contributed by atoms with Gasteiger partial charge in [0.1, 0.15) is 4.75 Å². The molecule has 0 aliphatic carbocycles. The lowest BCUT2D eigenvalue weighted by atomic mass is 10.2. The molecule has 0 saturated carbocycles. The highest BCUT2D eigenvalue weighted by Gasteiger charge is 2.31. The van der Waals surface area contributed by atoms with Gasteiger partial charge in [-0.2, -0.15) is 0 Å². The predicted molar refractivity (Wildman–Crippen MR) is 77.0 cm³/mol. The Balaban J connectivity index is 2.63. The highest BCUT2D eigenvalue weighted by Crippen LogP contribution is 2.35. The first-order chi connectivity index (χ1) is 8.47. The van der Waals surface area contributed by atoms with Crippen LogP contribution < -0.4 is 0 Å². The maximum atomic E-state index is 12.0. The molecule has 0 bridgehead atoms. The molecule has 1 aromatic rings. The number of rotatable bonds is 6. The van der Waals surface area contributed by atoms with Gasteiger partial charge in [0.25, 0.3) is 0 Å². The number of hydrogen-bond acceptors (Lipinski definition) is 3. The summed E-state index contributed by atoms with van der Waals surface area (Å²) in [4.78, 5) is 13.1. The first-order valence-electron chi connectivity index (χ1n) is 6.39. The molecule has 0 N–H and O–H groups in total. The zero-order chi connectivity index (χ0) is 13.6. The molecule has 0 aliphatic heterocycles. The van der Waals surface area contributed by atoms with Gasteiger partial charge in [0.15, 0.2) is 0 Å². The van der Waals surface area contributed by atoms with Crippen LogP contribution in [0.3, 0.4) is 0 Å². The number of aryl methyl sites for hydroxylation is 1. The summed E-state index contributed by atoms with van der Waals surface area (Å²) in [6, 6.07) is 8.10. The van der Waals surface area contributed by atoms with Gasteiger partial charge >= 0.3 is 5.97 Å². The largest absolute Gasteiger partial charge is 0.465 e. The molecule has 1 rings (SSSR count). The minimum atomic E-state index is -0.542. The Bertz CT molecular complexity index is 399. The molecule has 0 radical (unpaired) electrons. The summed E-state index contributed by atoms with van der Waals surface area (Å²) in [6.45, 7) is 8.49. The van der Waals surface area contributed by atoms with Crippen LogP contribution in [-0.4, -0.2) is 17.3 Å². The van der Waals surface area contributed by atoms with E-state index in [9.17, 15) is 4.79 Å². The van der Waals surface area contributed by atoms with Crippen LogP contribution in [0.15, 0.2) is 29.2 Å². The third-order valence-electron chi connectivity index (χ3n) is 2.68. The topological polar surface area (TPSA) is 26.3 Å². The zero-order valence-electron chi connectivity index (χ0n) is 11.7. The van der Waals surface area contributed by atoms with Gasteiger partial charge in [-0.1, -0.05) is 31.5 Å². The summed E-state index contributed by atoms with van der Waals surface area (Å²) in [5.74, 6) is -0.135. The van der Waals surface area contributed by atoms with E-state index < -0.39 is 4.75 Å². The zero-order valence-corrected chi connectivity index (χ0v) is 12.5. The van der Waals surface area contributed by atoms with E-state index in [1.54, 1.807) is 11.8 Å². The number of unbranched alkanes of at least 4 members (excludes halogenated alkanes) is 1. The van der Waals surface area contributed by atoms with Gasteiger partial charge in [-0.15, -0.1) is 11.8 Å². The average molecular weight is 266 g/mol. The van der Waals surface area contributed by atoms with E-state index in [1.165, 1.54) is 5.56 Å². The molecule has 0 heterocycles. The fourth-order valence-corrected chi connectivity index (χ4v) is 2.54. The van der Waals surface area contributed by atoms with E-state index in [2.05, 4.69) is 19.9 Å². The van der Waals surface area contributed by atoms with Gasteiger partial charge < -0.3 is 4.74 Å². The van der Waals surface area contributed by atoms with Gasteiger partial charge in [0.05, 0.1) is 6.61 Å². The van der Waals surface area contributed by atoms with Gasteiger partial charge in [0.2, 0.25) is 0 Å².